The van der Waals surface area contributed by atoms with Gasteiger partial charge in [-0.05, 0) is 25.1 Å². The van der Waals surface area contributed by atoms with E-state index in [0.717, 1.165) is 4.88 Å². The molecule has 0 unspecified atom stereocenters. The number of carbonyl (C=O) groups excluding carboxylic acids is 1. The van der Waals surface area contributed by atoms with Crippen LogP contribution in [0.25, 0.3) is 0 Å². The fraction of sp³-hybridized carbons (Fsp3) is 0.143. The smallest absolute Gasteiger partial charge is 0.310 e. The van der Waals surface area contributed by atoms with Crippen molar-refractivity contribution in [1.82, 2.24) is 5.43 Å². The number of benzene rings is 1. The molecule has 0 radical (unpaired) electrons. The molecule has 0 spiro atoms. The fourth-order valence-electron chi connectivity index (χ4n) is 1.60. The van der Waals surface area contributed by atoms with Crippen molar-refractivity contribution in [1.29, 1.82) is 0 Å². The summed E-state index contributed by atoms with van der Waals surface area (Å²) in [4.78, 5) is 23.0. The highest BCUT2D eigenvalue weighted by Crippen LogP contribution is 2.26. The average molecular weight is 354 g/mol. The number of hydrogen-bond donors (Lipinski definition) is 1. The lowest BCUT2D eigenvalue weighted by molar-refractivity contribution is -0.386. The molecule has 1 aromatic carbocycles. The van der Waals surface area contributed by atoms with Gasteiger partial charge < -0.3 is 4.74 Å². The maximum absolute atomic E-state index is 11.9. The summed E-state index contributed by atoms with van der Waals surface area (Å²) in [5.74, 6) is -0.503. The molecule has 7 nitrogen and oxygen atoms in total. The molecule has 1 heterocycles. The summed E-state index contributed by atoms with van der Waals surface area (Å²) in [7, 11) is 0. The molecule has 0 aliphatic rings. The number of nitro groups is 1. The Morgan fingerprint density at radius 2 is 2.17 bits per heavy atom. The zero-order chi connectivity index (χ0) is 16.8. The summed E-state index contributed by atoms with van der Waals surface area (Å²) in [5.41, 5.74) is 2.10. The minimum absolute atomic E-state index is 0.0224. The summed E-state index contributed by atoms with van der Waals surface area (Å²) in [6.07, 6.45) is 0.506. The molecular formula is C14H12ClN3O4S. The highest BCUT2D eigenvalue weighted by atomic mass is 35.5. The second kappa shape index (κ2) is 7.70. The van der Waals surface area contributed by atoms with Crippen LogP contribution in [0.1, 0.15) is 11.8 Å². The van der Waals surface area contributed by atoms with Gasteiger partial charge in [-0.3, -0.25) is 14.9 Å². The van der Waals surface area contributed by atoms with E-state index in [-0.39, 0.29) is 11.4 Å². The van der Waals surface area contributed by atoms with Gasteiger partial charge in [-0.1, -0.05) is 23.7 Å². The average Bonchev–Trinajstić information content (AvgIpc) is 2.93. The van der Waals surface area contributed by atoms with Crippen molar-refractivity contribution >= 4 is 40.7 Å². The van der Waals surface area contributed by atoms with E-state index in [1.54, 1.807) is 18.2 Å². The minimum atomic E-state index is -0.944. The molecule has 0 bridgehead atoms. The number of hydrazone groups is 1. The lowest BCUT2D eigenvalue weighted by atomic mass is 10.3. The number of carbonyl (C=O) groups is 1. The van der Waals surface area contributed by atoms with Crippen molar-refractivity contribution in [2.45, 2.75) is 13.0 Å². The number of rotatable bonds is 6. The predicted octanol–water partition coefficient (Wildman–Crippen LogP) is 3.23. The highest BCUT2D eigenvalue weighted by molar-refractivity contribution is 7.17. The summed E-state index contributed by atoms with van der Waals surface area (Å²) < 4.78 is 5.95. The second-order valence-electron chi connectivity index (χ2n) is 4.36. The lowest BCUT2D eigenvalue weighted by Crippen LogP contribution is -2.33. The zero-order valence-corrected chi connectivity index (χ0v) is 13.5. The molecule has 2 aromatic rings. The Morgan fingerprint density at radius 3 is 2.83 bits per heavy atom. The Morgan fingerprint density at radius 1 is 1.43 bits per heavy atom. The molecule has 9 heteroatoms. The van der Waals surface area contributed by atoms with E-state index in [4.69, 9.17) is 16.3 Å². The third kappa shape index (κ3) is 4.76. The van der Waals surface area contributed by atoms with Crippen LogP contribution in [0.2, 0.25) is 4.34 Å². The highest BCUT2D eigenvalue weighted by Gasteiger charge is 2.20. The molecular weight excluding hydrogens is 342 g/mol. The number of thiophene rings is 1. The predicted molar refractivity (Wildman–Crippen MR) is 88.3 cm³/mol. The van der Waals surface area contributed by atoms with Crippen LogP contribution in [0.4, 0.5) is 5.69 Å². The van der Waals surface area contributed by atoms with E-state index in [1.807, 2.05) is 0 Å². The number of halogens is 1. The molecule has 120 valence electrons. The van der Waals surface area contributed by atoms with Crippen LogP contribution in [0, 0.1) is 10.1 Å². The van der Waals surface area contributed by atoms with Crippen molar-refractivity contribution in [2.24, 2.45) is 5.10 Å². The zero-order valence-electron chi connectivity index (χ0n) is 11.9. The summed E-state index contributed by atoms with van der Waals surface area (Å²) >= 11 is 7.09. The third-order valence-electron chi connectivity index (χ3n) is 2.70. The molecule has 0 saturated heterocycles. The van der Waals surface area contributed by atoms with Crippen LogP contribution in [-0.4, -0.2) is 23.1 Å². The molecule has 1 aromatic heterocycles. The lowest BCUT2D eigenvalue weighted by Gasteiger charge is -2.12. The largest absolute Gasteiger partial charge is 0.474 e. The number of nitrogens with one attached hydrogen (secondary N) is 1. The van der Waals surface area contributed by atoms with Crippen molar-refractivity contribution in [3.63, 3.8) is 0 Å². The Labute approximate surface area is 140 Å². The van der Waals surface area contributed by atoms with Crippen LogP contribution in [0.3, 0.4) is 0 Å². The number of para-hydroxylation sites is 2. The Hall–Kier alpha value is -2.45. The number of hydrogen-bond acceptors (Lipinski definition) is 6. The topological polar surface area (TPSA) is 93.8 Å². The molecule has 2 rings (SSSR count). The van der Waals surface area contributed by atoms with E-state index >= 15 is 0 Å². The van der Waals surface area contributed by atoms with Gasteiger partial charge >= 0.3 is 5.69 Å². The fourth-order valence-corrected chi connectivity index (χ4v) is 2.53. The maximum Gasteiger partial charge on any atom is 0.310 e. The van der Waals surface area contributed by atoms with Gasteiger partial charge in [0.2, 0.25) is 0 Å². The third-order valence-corrected chi connectivity index (χ3v) is 3.86. The van der Waals surface area contributed by atoms with Gasteiger partial charge in [-0.25, -0.2) is 5.43 Å². The Bertz CT molecular complexity index is 747. The Kier molecular flexibility index (Phi) is 5.67. The van der Waals surface area contributed by atoms with Crippen LogP contribution >= 0.6 is 22.9 Å². The summed E-state index contributed by atoms with van der Waals surface area (Å²) in [6, 6.07) is 9.32. The second-order valence-corrected chi connectivity index (χ2v) is 6.11. The van der Waals surface area contributed by atoms with Gasteiger partial charge in [0.15, 0.2) is 11.9 Å². The van der Waals surface area contributed by atoms with Crippen molar-refractivity contribution in [3.8, 4) is 5.75 Å². The van der Waals surface area contributed by atoms with Crippen LogP contribution in [0.15, 0.2) is 41.5 Å². The van der Waals surface area contributed by atoms with Gasteiger partial charge in [0.25, 0.3) is 5.91 Å². The number of nitro benzene ring substituents is 1. The molecule has 0 aliphatic heterocycles. The molecule has 1 atom stereocenters. The number of nitrogens with zero attached hydrogens (tertiary/aromatic N) is 2. The van der Waals surface area contributed by atoms with Crippen LogP contribution in [0.5, 0.6) is 5.75 Å². The standard InChI is InChI=1S/C14H12ClN3O4S/c1-9(22-12-5-3-2-4-11(12)18(20)21)14(19)17-16-8-10-6-7-13(15)23-10/h2-9H,1H3,(H,17,19)/b16-8-/t9-/m0/s1. The van der Waals surface area contributed by atoms with Crippen LogP contribution in [-0.2, 0) is 4.79 Å². The molecule has 1 amide bonds. The van der Waals surface area contributed by atoms with E-state index in [2.05, 4.69) is 10.5 Å². The van der Waals surface area contributed by atoms with Gasteiger partial charge in [0.1, 0.15) is 0 Å². The van der Waals surface area contributed by atoms with Crippen molar-refractivity contribution in [3.05, 3.63) is 55.7 Å². The molecule has 1 N–H and O–H groups in total. The monoisotopic (exact) mass is 353 g/mol. The Balaban J connectivity index is 1.95. The SMILES string of the molecule is C[C@H](Oc1ccccc1[N+](=O)[O-])C(=O)N/N=C\c1ccc(Cl)s1. The van der Waals surface area contributed by atoms with Gasteiger partial charge in [0, 0.05) is 10.9 Å². The van der Waals surface area contributed by atoms with E-state index in [9.17, 15) is 14.9 Å². The van der Waals surface area contributed by atoms with Gasteiger partial charge in [-0.2, -0.15) is 5.10 Å². The first-order chi connectivity index (χ1) is 11.0. The van der Waals surface area contributed by atoms with E-state index in [0.29, 0.717) is 4.34 Å². The van der Waals surface area contributed by atoms with Gasteiger partial charge in [0.05, 0.1) is 15.5 Å². The maximum atomic E-state index is 11.9. The first-order valence-electron chi connectivity index (χ1n) is 6.45. The first kappa shape index (κ1) is 16.9. The summed E-state index contributed by atoms with van der Waals surface area (Å²) in [6.45, 7) is 1.48. The molecule has 0 aliphatic carbocycles. The minimum Gasteiger partial charge on any atom is -0.474 e. The van der Waals surface area contributed by atoms with Crippen LogP contribution < -0.4 is 10.2 Å². The molecule has 23 heavy (non-hydrogen) atoms. The van der Waals surface area contributed by atoms with Crippen molar-refractivity contribution < 1.29 is 14.5 Å². The number of amides is 1. The normalized spacial score (nSPS) is 12.1. The quantitative estimate of drug-likeness (QED) is 0.490. The van der Waals surface area contributed by atoms with Gasteiger partial charge in [-0.15, -0.1) is 11.3 Å². The molecule has 0 fully saturated rings. The van der Waals surface area contributed by atoms with E-state index < -0.39 is 16.9 Å². The number of ether oxygens (including phenoxy) is 1. The summed E-state index contributed by atoms with van der Waals surface area (Å²) in [5, 5.41) is 14.7. The molecule has 0 saturated carbocycles. The first-order valence-corrected chi connectivity index (χ1v) is 7.65. The van der Waals surface area contributed by atoms with E-state index in [1.165, 1.54) is 42.7 Å². The van der Waals surface area contributed by atoms with Crippen molar-refractivity contribution in [2.75, 3.05) is 0 Å².